The van der Waals surface area contributed by atoms with Crippen LogP contribution < -0.4 is 0 Å². The zero-order chi connectivity index (χ0) is 36.8. The van der Waals surface area contributed by atoms with Crippen LogP contribution in [0.2, 0.25) is 0 Å². The van der Waals surface area contributed by atoms with E-state index in [0.717, 1.165) is 5.92 Å². The Morgan fingerprint density at radius 3 is 0.627 bits per heavy atom. The number of rotatable bonds is 47. The second-order valence-corrected chi connectivity index (χ2v) is 17.6. The van der Waals surface area contributed by atoms with E-state index in [2.05, 4.69) is 27.2 Å². The predicted molar refractivity (Wildman–Crippen MR) is 237 cm³/mol. The second kappa shape index (κ2) is 48.0. The van der Waals surface area contributed by atoms with Crippen LogP contribution in [0.3, 0.4) is 0 Å². The van der Waals surface area contributed by atoms with E-state index in [1.807, 2.05) is 0 Å². The van der Waals surface area contributed by atoms with Gasteiger partial charge in [-0.1, -0.05) is 310 Å². The first-order valence-corrected chi connectivity index (χ1v) is 25.1. The number of unbranched alkanes of at least 4 members (excludes halogenated alkanes) is 43. The minimum atomic E-state index is 0.838. The van der Waals surface area contributed by atoms with E-state index < -0.39 is 0 Å². The summed E-state index contributed by atoms with van der Waals surface area (Å²) >= 11 is 0. The van der Waals surface area contributed by atoms with Gasteiger partial charge in [0.1, 0.15) is 0 Å². The van der Waals surface area contributed by atoms with Crippen molar-refractivity contribution in [1.82, 2.24) is 0 Å². The normalized spacial score (nSPS) is 12.3. The molecular weight excluding hydrogens is 613 g/mol. The molecule has 1 atom stereocenters. The molecule has 0 spiro atoms. The highest BCUT2D eigenvalue weighted by Gasteiger charge is 2.03. The highest BCUT2D eigenvalue weighted by molar-refractivity contribution is 4.72. The summed E-state index contributed by atoms with van der Waals surface area (Å²) in [5, 5.41) is 0. The second-order valence-electron chi connectivity index (χ2n) is 17.6. The molecule has 0 aromatic heterocycles. The highest BCUT2D eigenvalue weighted by atomic mass is 14.1. The fourth-order valence-electron chi connectivity index (χ4n) is 8.35. The van der Waals surface area contributed by atoms with Gasteiger partial charge < -0.3 is 0 Å². The lowest BCUT2D eigenvalue weighted by Crippen LogP contribution is -1.96. The molecule has 0 heterocycles. The third kappa shape index (κ3) is 48.0. The van der Waals surface area contributed by atoms with Crippen LogP contribution in [0.15, 0.2) is 0 Å². The third-order valence-electron chi connectivity index (χ3n) is 12.1. The lowest BCUT2D eigenvalue weighted by molar-refractivity contribution is 0.494. The first-order chi connectivity index (χ1) is 25.3. The van der Waals surface area contributed by atoms with Crippen molar-refractivity contribution in [1.29, 1.82) is 0 Å². The summed E-state index contributed by atoms with van der Waals surface area (Å²) in [6.45, 7) is 7.09. The van der Waals surface area contributed by atoms with E-state index in [-0.39, 0.29) is 0 Å². The molecule has 0 aromatic rings. The first kappa shape index (κ1) is 51.0. The molecule has 51 heavy (non-hydrogen) atoms. The summed E-state index contributed by atoms with van der Waals surface area (Å²) < 4.78 is 0. The summed E-state index contributed by atoms with van der Waals surface area (Å²) in [5.41, 5.74) is 0. The quantitative estimate of drug-likeness (QED) is 0.0550. The fourth-order valence-corrected chi connectivity index (χ4v) is 8.35. The smallest absolute Gasteiger partial charge is 0.0358 e. The molecule has 0 amide bonds. The summed E-state index contributed by atoms with van der Waals surface area (Å²) in [7, 11) is 0. The van der Waals surface area contributed by atoms with Crippen LogP contribution in [0.1, 0.15) is 316 Å². The van der Waals surface area contributed by atoms with Gasteiger partial charge in [-0.15, -0.1) is 0 Å². The molecule has 0 bridgehead atoms. The highest BCUT2D eigenvalue weighted by Crippen LogP contribution is 2.20. The van der Waals surface area contributed by atoms with Gasteiger partial charge in [-0.2, -0.15) is 0 Å². The topological polar surface area (TPSA) is 0 Å². The van der Waals surface area contributed by atoms with E-state index in [1.165, 1.54) is 295 Å². The van der Waals surface area contributed by atoms with Crippen molar-refractivity contribution in [3.63, 3.8) is 0 Å². The van der Waals surface area contributed by atoms with Crippen molar-refractivity contribution in [3.05, 3.63) is 6.42 Å². The van der Waals surface area contributed by atoms with Crippen molar-refractivity contribution in [3.8, 4) is 0 Å². The third-order valence-corrected chi connectivity index (χ3v) is 12.1. The Bertz CT molecular complexity index is 564. The van der Waals surface area contributed by atoms with E-state index in [4.69, 9.17) is 0 Å². The van der Waals surface area contributed by atoms with Gasteiger partial charge in [-0.05, 0) is 18.8 Å². The molecular formula is C51H103. The Kier molecular flexibility index (Phi) is 48.0. The first-order valence-electron chi connectivity index (χ1n) is 25.1. The Morgan fingerprint density at radius 1 is 0.235 bits per heavy atom. The summed E-state index contributed by atoms with van der Waals surface area (Å²) in [5.74, 6) is 0.838. The lowest BCUT2D eigenvalue weighted by Gasteiger charge is -2.11. The van der Waals surface area contributed by atoms with E-state index in [0.29, 0.717) is 0 Å². The minimum absolute atomic E-state index is 0.838. The SMILES string of the molecule is CCCCCCCCCCCCCCCCCCCCCCCCCCC[CH]C(C)CCCCCCCCCCCCCCCCCCCCC. The monoisotopic (exact) mass is 716 g/mol. The van der Waals surface area contributed by atoms with Gasteiger partial charge in [0.05, 0.1) is 0 Å². The van der Waals surface area contributed by atoms with Crippen LogP contribution in [-0.2, 0) is 0 Å². The van der Waals surface area contributed by atoms with Crippen LogP contribution in [0.5, 0.6) is 0 Å². The van der Waals surface area contributed by atoms with Gasteiger partial charge >= 0.3 is 0 Å². The van der Waals surface area contributed by atoms with Crippen molar-refractivity contribution in [2.75, 3.05) is 0 Å². The molecule has 0 saturated heterocycles. The molecule has 0 aliphatic rings. The van der Waals surface area contributed by atoms with Crippen molar-refractivity contribution in [2.45, 2.75) is 316 Å². The van der Waals surface area contributed by atoms with Gasteiger partial charge in [0, 0.05) is 0 Å². The molecule has 0 aliphatic heterocycles. The summed E-state index contributed by atoms with van der Waals surface area (Å²) in [6, 6.07) is 0. The molecule has 1 unspecified atom stereocenters. The fraction of sp³-hybridized carbons (Fsp3) is 0.980. The van der Waals surface area contributed by atoms with Crippen LogP contribution in [0.4, 0.5) is 0 Å². The van der Waals surface area contributed by atoms with Gasteiger partial charge in [0.15, 0.2) is 0 Å². The molecule has 0 fully saturated rings. The maximum absolute atomic E-state index is 2.65. The Morgan fingerprint density at radius 2 is 0.412 bits per heavy atom. The van der Waals surface area contributed by atoms with Crippen LogP contribution in [0.25, 0.3) is 0 Å². The standard InChI is InChI=1S/C51H103/c1-4-6-8-10-12-14-16-18-20-22-24-25-26-27-28-29-30-32-34-36-38-40-42-44-46-48-50-51(3)49-47-45-43-41-39-37-35-33-31-23-21-19-17-15-13-11-9-7-5-2/h50-51H,4-49H2,1-3H3. The van der Waals surface area contributed by atoms with Gasteiger partial charge in [-0.3, -0.25) is 0 Å². The van der Waals surface area contributed by atoms with Crippen molar-refractivity contribution >= 4 is 0 Å². The van der Waals surface area contributed by atoms with Crippen molar-refractivity contribution in [2.24, 2.45) is 5.92 Å². The predicted octanol–water partition coefficient (Wildman–Crippen LogP) is 19.8. The van der Waals surface area contributed by atoms with E-state index in [1.54, 1.807) is 0 Å². The molecule has 307 valence electrons. The van der Waals surface area contributed by atoms with Gasteiger partial charge in [-0.25, -0.2) is 0 Å². The zero-order valence-corrected chi connectivity index (χ0v) is 36.7. The molecule has 0 saturated carbocycles. The molecule has 0 heteroatoms. The lowest BCUT2D eigenvalue weighted by atomic mass is 9.95. The molecule has 0 aromatic carbocycles. The molecule has 0 nitrogen and oxygen atoms in total. The number of hydrogen-bond acceptors (Lipinski definition) is 0. The molecule has 0 N–H and O–H groups in total. The largest absolute Gasteiger partial charge is 0.0654 e. The zero-order valence-electron chi connectivity index (χ0n) is 36.7. The van der Waals surface area contributed by atoms with Gasteiger partial charge in [0.25, 0.3) is 0 Å². The Labute approximate surface area is 327 Å². The minimum Gasteiger partial charge on any atom is -0.0654 e. The molecule has 0 aliphatic carbocycles. The van der Waals surface area contributed by atoms with Gasteiger partial charge in [0.2, 0.25) is 0 Å². The molecule has 1 radical (unpaired) electrons. The summed E-state index contributed by atoms with van der Waals surface area (Å²) in [4.78, 5) is 0. The Hall–Kier alpha value is 0. The van der Waals surface area contributed by atoms with Crippen LogP contribution in [0, 0.1) is 12.3 Å². The average molecular weight is 716 g/mol. The summed E-state index contributed by atoms with van der Waals surface area (Å²) in [6.07, 6.45) is 70.4. The molecule has 0 rings (SSSR count). The maximum atomic E-state index is 2.65. The Balaban J connectivity index is 3.13. The average Bonchev–Trinajstić information content (AvgIpc) is 3.14. The van der Waals surface area contributed by atoms with E-state index in [9.17, 15) is 0 Å². The maximum Gasteiger partial charge on any atom is -0.0358 e. The van der Waals surface area contributed by atoms with Crippen LogP contribution >= 0.6 is 0 Å². The van der Waals surface area contributed by atoms with E-state index >= 15 is 0 Å². The number of hydrogen-bond donors (Lipinski definition) is 0. The van der Waals surface area contributed by atoms with Crippen molar-refractivity contribution < 1.29 is 0 Å². The van der Waals surface area contributed by atoms with Crippen LogP contribution in [-0.4, -0.2) is 0 Å².